The summed E-state index contributed by atoms with van der Waals surface area (Å²) in [6.45, 7) is 5.71. The van der Waals surface area contributed by atoms with Crippen molar-refractivity contribution in [1.29, 1.82) is 0 Å². The zero-order valence-electron chi connectivity index (χ0n) is 10.7. The molecule has 0 fully saturated rings. The van der Waals surface area contributed by atoms with E-state index in [0.717, 1.165) is 0 Å². The highest BCUT2D eigenvalue weighted by Crippen LogP contribution is 2.22. The third-order valence-electron chi connectivity index (χ3n) is 2.37. The number of carbonyl (C=O) groups is 1. The molecule has 0 atom stereocenters. The van der Waals surface area contributed by atoms with Crippen LogP contribution >= 0.6 is 11.8 Å². The van der Waals surface area contributed by atoms with E-state index in [1.165, 1.54) is 6.07 Å². The highest BCUT2D eigenvalue weighted by Gasteiger charge is 2.11. The van der Waals surface area contributed by atoms with Crippen molar-refractivity contribution in [2.75, 3.05) is 12.3 Å². The van der Waals surface area contributed by atoms with Crippen molar-refractivity contribution < 1.29 is 9.72 Å². The molecule has 102 valence electrons. The van der Waals surface area contributed by atoms with Crippen LogP contribution < -0.4 is 5.32 Å². The fraction of sp³-hybridized carbons (Fsp3) is 0.308. The minimum Gasteiger partial charge on any atom is -0.352 e. The number of nitro benzene ring substituents is 1. The van der Waals surface area contributed by atoms with Gasteiger partial charge >= 0.3 is 0 Å². The average Bonchev–Trinajstić information content (AvgIpc) is 2.38. The lowest BCUT2D eigenvalue weighted by atomic mass is 10.2. The van der Waals surface area contributed by atoms with E-state index in [9.17, 15) is 14.9 Å². The smallest absolute Gasteiger partial charge is 0.273 e. The summed E-state index contributed by atoms with van der Waals surface area (Å²) in [6, 6.07) is 6.68. The number of nitrogens with zero attached hydrogens (tertiary/aromatic N) is 1. The first-order valence-electron chi connectivity index (χ1n) is 5.76. The van der Waals surface area contributed by atoms with Crippen molar-refractivity contribution >= 4 is 23.4 Å². The maximum atomic E-state index is 11.2. The van der Waals surface area contributed by atoms with Gasteiger partial charge in [-0.15, -0.1) is 0 Å². The van der Waals surface area contributed by atoms with Crippen LogP contribution in [0.25, 0.3) is 0 Å². The number of nitro groups is 1. The van der Waals surface area contributed by atoms with Crippen LogP contribution in [0.4, 0.5) is 5.69 Å². The topological polar surface area (TPSA) is 72.2 Å². The summed E-state index contributed by atoms with van der Waals surface area (Å²) in [5, 5.41) is 13.5. The minimum atomic E-state index is -0.376. The molecule has 0 spiro atoms. The minimum absolute atomic E-state index is 0.140. The maximum absolute atomic E-state index is 11.2. The maximum Gasteiger partial charge on any atom is 0.273 e. The lowest BCUT2D eigenvalue weighted by Crippen LogP contribution is -2.25. The van der Waals surface area contributed by atoms with E-state index in [0.29, 0.717) is 29.2 Å². The molecule has 1 rings (SSSR count). The zero-order chi connectivity index (χ0) is 14.3. The van der Waals surface area contributed by atoms with Gasteiger partial charge in [-0.1, -0.05) is 24.8 Å². The number of nitrogens with one attached hydrogen (secondary N) is 1. The van der Waals surface area contributed by atoms with Crippen molar-refractivity contribution in [2.24, 2.45) is 0 Å². The molecular weight excluding hydrogens is 264 g/mol. The first-order chi connectivity index (χ1) is 9.02. The van der Waals surface area contributed by atoms with Crippen LogP contribution in [0.15, 0.2) is 36.4 Å². The molecule has 0 saturated carbocycles. The Morgan fingerprint density at radius 3 is 2.79 bits per heavy atom. The van der Waals surface area contributed by atoms with Gasteiger partial charge in [0.25, 0.3) is 5.69 Å². The van der Waals surface area contributed by atoms with Gasteiger partial charge in [0.2, 0.25) is 5.91 Å². The van der Waals surface area contributed by atoms with Gasteiger partial charge in [-0.05, 0) is 6.92 Å². The molecule has 0 unspecified atom stereocenters. The van der Waals surface area contributed by atoms with E-state index in [1.54, 1.807) is 36.9 Å². The second kappa shape index (κ2) is 7.58. The summed E-state index contributed by atoms with van der Waals surface area (Å²) in [4.78, 5) is 21.6. The molecular formula is C13H16N2O3S. The summed E-state index contributed by atoms with van der Waals surface area (Å²) in [6.07, 6.45) is 0. The monoisotopic (exact) mass is 280 g/mol. The standard InChI is InChI=1S/C13H16N2O3S/c1-10(2)13(16)14-7-8-19-9-11-5-3-4-6-12(11)15(17)18/h3-6H,1,7-9H2,2H3,(H,14,16). The van der Waals surface area contributed by atoms with Crippen molar-refractivity contribution in [3.8, 4) is 0 Å². The molecule has 0 radical (unpaired) electrons. The molecule has 19 heavy (non-hydrogen) atoms. The van der Waals surface area contributed by atoms with Crippen molar-refractivity contribution in [3.63, 3.8) is 0 Å². The molecule has 0 aliphatic heterocycles. The van der Waals surface area contributed by atoms with Gasteiger partial charge < -0.3 is 5.32 Å². The number of amides is 1. The number of hydrogen-bond acceptors (Lipinski definition) is 4. The van der Waals surface area contributed by atoms with Crippen molar-refractivity contribution in [1.82, 2.24) is 5.32 Å². The van der Waals surface area contributed by atoms with Gasteiger partial charge in [0.05, 0.1) is 4.92 Å². The molecule has 0 heterocycles. The van der Waals surface area contributed by atoms with Gasteiger partial charge in [0.1, 0.15) is 0 Å². The fourth-order valence-electron chi connectivity index (χ4n) is 1.38. The predicted octanol–water partition coefficient (Wildman–Crippen LogP) is 2.52. The number of para-hydroxylation sites is 1. The molecule has 0 aliphatic rings. The fourth-order valence-corrected chi connectivity index (χ4v) is 2.24. The first-order valence-corrected chi connectivity index (χ1v) is 6.91. The van der Waals surface area contributed by atoms with Crippen LogP contribution in [0.2, 0.25) is 0 Å². The van der Waals surface area contributed by atoms with Crippen LogP contribution in [0.3, 0.4) is 0 Å². The number of hydrogen-bond donors (Lipinski definition) is 1. The summed E-state index contributed by atoms with van der Waals surface area (Å²) < 4.78 is 0. The molecule has 6 heteroatoms. The molecule has 1 N–H and O–H groups in total. The number of benzene rings is 1. The van der Waals surface area contributed by atoms with Gasteiger partial charge in [-0.25, -0.2) is 0 Å². The largest absolute Gasteiger partial charge is 0.352 e. The highest BCUT2D eigenvalue weighted by atomic mass is 32.2. The van der Waals surface area contributed by atoms with E-state index in [-0.39, 0.29) is 16.5 Å². The lowest BCUT2D eigenvalue weighted by Gasteiger charge is -2.05. The normalized spacial score (nSPS) is 9.95. The van der Waals surface area contributed by atoms with E-state index in [2.05, 4.69) is 11.9 Å². The Morgan fingerprint density at radius 2 is 2.16 bits per heavy atom. The second-order valence-corrected chi connectivity index (χ2v) is 5.08. The molecule has 5 nitrogen and oxygen atoms in total. The van der Waals surface area contributed by atoms with Gasteiger partial charge in [-0.2, -0.15) is 11.8 Å². The predicted molar refractivity (Wildman–Crippen MR) is 77.1 cm³/mol. The summed E-state index contributed by atoms with van der Waals surface area (Å²) in [7, 11) is 0. The van der Waals surface area contributed by atoms with Crippen LogP contribution in [-0.4, -0.2) is 23.1 Å². The van der Waals surface area contributed by atoms with Crippen molar-refractivity contribution in [2.45, 2.75) is 12.7 Å². The Morgan fingerprint density at radius 1 is 1.47 bits per heavy atom. The Balaban J connectivity index is 2.36. The summed E-state index contributed by atoms with van der Waals surface area (Å²) in [5.74, 6) is 1.09. The molecule has 0 saturated heterocycles. The Bertz CT molecular complexity index is 489. The van der Waals surface area contributed by atoms with E-state index < -0.39 is 0 Å². The quantitative estimate of drug-likeness (QED) is 0.360. The van der Waals surface area contributed by atoms with Gasteiger partial charge in [0.15, 0.2) is 0 Å². The van der Waals surface area contributed by atoms with Crippen LogP contribution in [0.1, 0.15) is 12.5 Å². The molecule has 0 aromatic heterocycles. The summed E-state index contributed by atoms with van der Waals surface area (Å²) >= 11 is 1.54. The zero-order valence-corrected chi connectivity index (χ0v) is 11.5. The van der Waals surface area contributed by atoms with E-state index in [4.69, 9.17) is 0 Å². The van der Waals surface area contributed by atoms with Gasteiger partial charge in [0, 0.05) is 35.3 Å². The number of rotatable bonds is 7. The third-order valence-corrected chi connectivity index (χ3v) is 3.37. The third kappa shape index (κ3) is 5.13. The van der Waals surface area contributed by atoms with E-state index in [1.807, 2.05) is 0 Å². The summed E-state index contributed by atoms with van der Waals surface area (Å²) in [5.41, 5.74) is 1.31. The SMILES string of the molecule is C=C(C)C(=O)NCCSCc1ccccc1[N+](=O)[O-]. The van der Waals surface area contributed by atoms with E-state index >= 15 is 0 Å². The van der Waals surface area contributed by atoms with Crippen LogP contribution in [-0.2, 0) is 10.5 Å². The number of thioether (sulfide) groups is 1. The number of carbonyl (C=O) groups excluding carboxylic acids is 1. The molecule has 1 aromatic carbocycles. The molecule has 1 aromatic rings. The van der Waals surface area contributed by atoms with Crippen molar-refractivity contribution in [3.05, 3.63) is 52.1 Å². The Hall–Kier alpha value is -1.82. The Kier molecular flexibility index (Phi) is 6.08. The average molecular weight is 280 g/mol. The molecule has 1 amide bonds. The van der Waals surface area contributed by atoms with Crippen LogP contribution in [0, 0.1) is 10.1 Å². The second-order valence-electron chi connectivity index (χ2n) is 3.97. The van der Waals surface area contributed by atoms with Crippen LogP contribution in [0.5, 0.6) is 0 Å². The van der Waals surface area contributed by atoms with Gasteiger partial charge in [-0.3, -0.25) is 14.9 Å². The first kappa shape index (κ1) is 15.2. The molecule has 0 aliphatic carbocycles. The molecule has 0 bridgehead atoms. The Labute approximate surface area is 116 Å². The highest BCUT2D eigenvalue weighted by molar-refractivity contribution is 7.98. The lowest BCUT2D eigenvalue weighted by molar-refractivity contribution is -0.385.